The van der Waals surface area contributed by atoms with Gasteiger partial charge in [0, 0.05) is 17.9 Å². The SMILES string of the molecule is CC(F)(F)COC(=O)C12CC3CC(C1)C1(SCC(COC(=O)C45CC6CC(CC(O)(C6)C4)C5)S1)C(C3)C2. The Bertz CT molecular complexity index is 968. The molecule has 8 aliphatic carbocycles. The van der Waals surface area contributed by atoms with Crippen LogP contribution in [0.5, 0.6) is 0 Å². The van der Waals surface area contributed by atoms with Crippen LogP contribution in [-0.4, -0.2) is 56.9 Å². The van der Waals surface area contributed by atoms with Crippen LogP contribution in [0.4, 0.5) is 8.78 Å². The van der Waals surface area contributed by atoms with Crippen molar-refractivity contribution in [3.63, 3.8) is 0 Å². The third-order valence-corrected chi connectivity index (χ3v) is 15.1. The number of carbonyl (C=O) groups excluding carboxylic acids is 2. The molecule has 9 fully saturated rings. The summed E-state index contributed by atoms with van der Waals surface area (Å²) >= 11 is 3.95. The molecular weight excluding hydrogens is 518 g/mol. The van der Waals surface area contributed by atoms with Gasteiger partial charge in [0.05, 0.1) is 20.5 Å². The van der Waals surface area contributed by atoms with E-state index < -0.39 is 34.9 Å². The van der Waals surface area contributed by atoms with E-state index in [2.05, 4.69) is 0 Å². The van der Waals surface area contributed by atoms with Gasteiger partial charge in [-0.05, 0) is 100 Å². The topological polar surface area (TPSA) is 72.8 Å². The first-order valence-electron chi connectivity index (χ1n) is 14.2. The van der Waals surface area contributed by atoms with Gasteiger partial charge in [-0.25, -0.2) is 8.78 Å². The van der Waals surface area contributed by atoms with Crippen LogP contribution in [0.15, 0.2) is 0 Å². The number of alkyl halides is 2. The molecule has 1 N–H and O–H groups in total. The molecule has 1 saturated heterocycles. The Labute approximate surface area is 225 Å². The quantitative estimate of drug-likeness (QED) is 0.438. The number of hydrogen-bond donors (Lipinski definition) is 1. The molecule has 9 heteroatoms. The van der Waals surface area contributed by atoms with Crippen molar-refractivity contribution in [3.05, 3.63) is 0 Å². The highest BCUT2D eigenvalue weighted by molar-refractivity contribution is 8.21. The van der Waals surface area contributed by atoms with E-state index >= 15 is 0 Å². The molecule has 5 atom stereocenters. The summed E-state index contributed by atoms with van der Waals surface area (Å²) in [5, 5.41) is 11.3. The molecule has 37 heavy (non-hydrogen) atoms. The van der Waals surface area contributed by atoms with Crippen molar-refractivity contribution in [1.29, 1.82) is 0 Å². The van der Waals surface area contributed by atoms with Gasteiger partial charge in [0.1, 0.15) is 6.61 Å². The van der Waals surface area contributed by atoms with Crippen LogP contribution < -0.4 is 0 Å². The molecule has 1 spiro atoms. The van der Waals surface area contributed by atoms with Crippen LogP contribution in [0.3, 0.4) is 0 Å². The fraction of sp³-hybridized carbons (Fsp3) is 0.929. The predicted octanol–water partition coefficient (Wildman–Crippen LogP) is 5.43. The Hall–Kier alpha value is -0.540. The van der Waals surface area contributed by atoms with Crippen molar-refractivity contribution in [3.8, 4) is 0 Å². The number of thioether (sulfide) groups is 2. The summed E-state index contributed by atoms with van der Waals surface area (Å²) in [5.74, 6) is -0.485. The Morgan fingerprint density at radius 1 is 0.892 bits per heavy atom. The third-order valence-electron chi connectivity index (χ3n) is 10.9. The molecule has 0 aromatic heterocycles. The number of ether oxygens (including phenoxy) is 2. The normalized spacial score (nSPS) is 51.1. The maximum atomic E-state index is 13.4. The molecule has 0 aromatic carbocycles. The van der Waals surface area contributed by atoms with E-state index in [0.717, 1.165) is 76.9 Å². The monoisotopic (exact) mass is 556 g/mol. The van der Waals surface area contributed by atoms with Crippen molar-refractivity contribution in [1.82, 2.24) is 0 Å². The summed E-state index contributed by atoms with van der Waals surface area (Å²) < 4.78 is 37.9. The first-order chi connectivity index (χ1) is 17.4. The Morgan fingerprint density at radius 2 is 1.51 bits per heavy atom. The molecule has 1 heterocycles. The van der Waals surface area contributed by atoms with Gasteiger partial charge in [-0.3, -0.25) is 9.59 Å². The van der Waals surface area contributed by atoms with E-state index in [1.807, 2.05) is 23.5 Å². The van der Waals surface area contributed by atoms with E-state index in [-0.39, 0.29) is 15.3 Å². The molecule has 9 aliphatic rings. The van der Waals surface area contributed by atoms with Gasteiger partial charge < -0.3 is 14.6 Å². The molecule has 0 amide bonds. The fourth-order valence-electron chi connectivity index (χ4n) is 10.4. The van der Waals surface area contributed by atoms with Gasteiger partial charge in [-0.1, -0.05) is 0 Å². The number of aliphatic hydroxyl groups is 1. The summed E-state index contributed by atoms with van der Waals surface area (Å²) in [7, 11) is 0. The second-order valence-electron chi connectivity index (χ2n) is 14.1. The lowest BCUT2D eigenvalue weighted by Gasteiger charge is -2.62. The van der Waals surface area contributed by atoms with Crippen molar-refractivity contribution >= 4 is 35.5 Å². The number of rotatable bonds is 6. The zero-order valence-electron chi connectivity index (χ0n) is 21.5. The molecule has 8 bridgehead atoms. The van der Waals surface area contributed by atoms with Crippen LogP contribution in [0.25, 0.3) is 0 Å². The van der Waals surface area contributed by atoms with Crippen LogP contribution in [0.2, 0.25) is 0 Å². The smallest absolute Gasteiger partial charge is 0.312 e. The molecule has 5 nitrogen and oxygen atoms in total. The number of hydrogen-bond acceptors (Lipinski definition) is 7. The van der Waals surface area contributed by atoms with Crippen molar-refractivity contribution in [2.45, 2.75) is 98.4 Å². The maximum absolute atomic E-state index is 13.4. The zero-order chi connectivity index (χ0) is 25.8. The summed E-state index contributed by atoms with van der Waals surface area (Å²) in [6.07, 6.45) is 9.55. The van der Waals surface area contributed by atoms with E-state index in [1.54, 1.807) is 0 Å². The predicted molar refractivity (Wildman–Crippen MR) is 137 cm³/mol. The second kappa shape index (κ2) is 8.25. The van der Waals surface area contributed by atoms with E-state index in [4.69, 9.17) is 9.47 Å². The summed E-state index contributed by atoms with van der Waals surface area (Å²) in [5.41, 5.74) is -1.76. The number of esters is 2. The minimum atomic E-state index is -3.01. The molecule has 0 radical (unpaired) electrons. The summed E-state index contributed by atoms with van der Waals surface area (Å²) in [6, 6.07) is 0. The van der Waals surface area contributed by atoms with Crippen LogP contribution in [0, 0.1) is 40.4 Å². The molecule has 9 rings (SSSR count). The largest absolute Gasteiger partial charge is 0.464 e. The second-order valence-corrected chi connectivity index (χ2v) is 17.2. The summed E-state index contributed by atoms with van der Waals surface area (Å²) in [6.45, 7) is 0.365. The van der Waals surface area contributed by atoms with Gasteiger partial charge >= 0.3 is 11.9 Å². The highest BCUT2D eigenvalue weighted by Gasteiger charge is 2.67. The highest BCUT2D eigenvalue weighted by atomic mass is 32.2. The van der Waals surface area contributed by atoms with Gasteiger partial charge in [0.2, 0.25) is 0 Å². The molecule has 5 unspecified atom stereocenters. The van der Waals surface area contributed by atoms with Crippen molar-refractivity contribution < 1.29 is 33.0 Å². The van der Waals surface area contributed by atoms with E-state index in [1.165, 1.54) is 0 Å². The van der Waals surface area contributed by atoms with Crippen molar-refractivity contribution in [2.24, 2.45) is 40.4 Å². The molecule has 206 valence electrons. The Kier molecular flexibility index (Phi) is 5.67. The standard InChI is InChI=1S/C28H38F2O5S2/c1-24(29,30)15-35-22(31)25-5-16-3-19(10-25)28(20(4-16)11-25)36-13-21(37-28)12-34-23(32)26-6-17-2-18(7-26)9-27(33,8-17)14-26/h16-21,33H,2-15H2,1H3. The average Bonchev–Trinajstić information content (AvgIpc) is 3.22. The molecule has 1 aliphatic heterocycles. The van der Waals surface area contributed by atoms with Crippen molar-refractivity contribution in [2.75, 3.05) is 19.0 Å². The van der Waals surface area contributed by atoms with Crippen LogP contribution >= 0.6 is 23.5 Å². The minimum absolute atomic E-state index is 0.0301. The zero-order valence-corrected chi connectivity index (χ0v) is 23.1. The first-order valence-corrected chi connectivity index (χ1v) is 16.0. The third kappa shape index (κ3) is 4.10. The summed E-state index contributed by atoms with van der Waals surface area (Å²) in [4.78, 5) is 26.4. The first kappa shape index (κ1) is 25.4. The Morgan fingerprint density at radius 3 is 2.14 bits per heavy atom. The fourth-order valence-corrected chi connectivity index (χ4v) is 14.5. The molecular formula is C28H38F2O5S2. The van der Waals surface area contributed by atoms with Gasteiger partial charge in [0.25, 0.3) is 5.92 Å². The van der Waals surface area contributed by atoms with E-state index in [0.29, 0.717) is 42.6 Å². The van der Waals surface area contributed by atoms with Crippen LogP contribution in [-0.2, 0) is 19.1 Å². The molecule has 0 aromatic rings. The van der Waals surface area contributed by atoms with Gasteiger partial charge in [0.15, 0.2) is 6.61 Å². The van der Waals surface area contributed by atoms with Gasteiger partial charge in [-0.15, -0.1) is 23.5 Å². The van der Waals surface area contributed by atoms with E-state index in [9.17, 15) is 23.5 Å². The highest BCUT2D eigenvalue weighted by Crippen LogP contribution is 2.73. The average molecular weight is 557 g/mol. The minimum Gasteiger partial charge on any atom is -0.464 e. The molecule has 8 saturated carbocycles. The van der Waals surface area contributed by atoms with Gasteiger partial charge in [-0.2, -0.15) is 0 Å². The Balaban J connectivity index is 0.996. The lowest BCUT2D eigenvalue weighted by atomic mass is 9.48. The lowest BCUT2D eigenvalue weighted by molar-refractivity contribution is -0.196. The van der Waals surface area contributed by atoms with Crippen LogP contribution in [0.1, 0.15) is 77.6 Å². The number of carbonyl (C=O) groups is 2. The maximum Gasteiger partial charge on any atom is 0.312 e. The lowest BCUT2D eigenvalue weighted by Crippen LogP contribution is -2.60. The number of halogens is 2.